The summed E-state index contributed by atoms with van der Waals surface area (Å²) in [6.07, 6.45) is -1.83. The zero-order valence-electron chi connectivity index (χ0n) is 6.27. The molecule has 0 saturated carbocycles. The Morgan fingerprint density at radius 3 is 1.33 bits per heavy atom. The SMILES string of the molecule is Nc1ccc(N)cc1.O=C(O)O. The fourth-order valence-corrected chi connectivity index (χ4v) is 0.496. The molecular formula is C7H10N2O3. The highest BCUT2D eigenvalue weighted by Crippen LogP contribution is 2.04. The Balaban J connectivity index is 0.000000261. The first-order valence-corrected chi connectivity index (χ1v) is 3.05. The molecule has 12 heavy (non-hydrogen) atoms. The Morgan fingerprint density at radius 2 is 1.17 bits per heavy atom. The molecule has 0 spiro atoms. The normalized spacial score (nSPS) is 8.00. The van der Waals surface area contributed by atoms with E-state index in [9.17, 15) is 0 Å². The molecule has 0 atom stereocenters. The van der Waals surface area contributed by atoms with Crippen molar-refractivity contribution in [2.24, 2.45) is 0 Å². The first-order valence-electron chi connectivity index (χ1n) is 3.05. The molecule has 5 heteroatoms. The first-order chi connectivity index (χ1) is 5.52. The van der Waals surface area contributed by atoms with Crippen molar-refractivity contribution >= 4 is 17.5 Å². The van der Waals surface area contributed by atoms with Gasteiger partial charge in [0.2, 0.25) is 0 Å². The fraction of sp³-hybridized carbons (Fsp3) is 0. The topological polar surface area (TPSA) is 110 Å². The van der Waals surface area contributed by atoms with Gasteiger partial charge in [-0.1, -0.05) is 0 Å². The number of rotatable bonds is 0. The number of nitrogen functional groups attached to an aromatic ring is 2. The van der Waals surface area contributed by atoms with Crippen LogP contribution in [0, 0.1) is 0 Å². The smallest absolute Gasteiger partial charge is 0.450 e. The Bertz CT molecular complexity index is 220. The predicted molar refractivity (Wildman–Crippen MR) is 45.9 cm³/mol. The van der Waals surface area contributed by atoms with Gasteiger partial charge >= 0.3 is 6.16 Å². The summed E-state index contributed by atoms with van der Waals surface area (Å²) < 4.78 is 0. The number of hydrogen-bond donors (Lipinski definition) is 4. The van der Waals surface area contributed by atoms with Crippen LogP contribution in [0.1, 0.15) is 0 Å². The molecule has 0 bridgehead atoms. The lowest BCUT2D eigenvalue weighted by Crippen LogP contribution is -1.86. The van der Waals surface area contributed by atoms with Gasteiger partial charge in [-0.3, -0.25) is 0 Å². The third-order valence-corrected chi connectivity index (χ3v) is 0.936. The molecule has 66 valence electrons. The molecule has 6 N–H and O–H groups in total. The Morgan fingerprint density at radius 1 is 1.00 bits per heavy atom. The highest BCUT2D eigenvalue weighted by molar-refractivity contribution is 5.53. The van der Waals surface area contributed by atoms with Gasteiger partial charge in [-0.25, -0.2) is 4.79 Å². The van der Waals surface area contributed by atoms with Gasteiger partial charge in [0, 0.05) is 11.4 Å². The number of carboxylic acid groups (broad SMARTS) is 2. The Kier molecular flexibility index (Phi) is 4.07. The van der Waals surface area contributed by atoms with Crippen LogP contribution in [0.25, 0.3) is 0 Å². The number of carbonyl (C=O) groups is 1. The zero-order chi connectivity index (χ0) is 9.56. The lowest BCUT2D eigenvalue weighted by atomic mass is 10.3. The van der Waals surface area contributed by atoms with E-state index in [1.165, 1.54) is 0 Å². The minimum Gasteiger partial charge on any atom is -0.450 e. The summed E-state index contributed by atoms with van der Waals surface area (Å²) in [5.74, 6) is 0. The second kappa shape index (κ2) is 4.84. The van der Waals surface area contributed by atoms with Crippen molar-refractivity contribution < 1.29 is 15.0 Å². The van der Waals surface area contributed by atoms with Gasteiger partial charge in [0.05, 0.1) is 0 Å². The van der Waals surface area contributed by atoms with E-state index < -0.39 is 6.16 Å². The summed E-state index contributed by atoms with van der Waals surface area (Å²) >= 11 is 0. The Hall–Kier alpha value is -1.91. The maximum Gasteiger partial charge on any atom is 0.503 e. The molecule has 0 unspecified atom stereocenters. The summed E-state index contributed by atoms with van der Waals surface area (Å²) in [5.41, 5.74) is 12.2. The summed E-state index contributed by atoms with van der Waals surface area (Å²) in [7, 11) is 0. The third-order valence-electron chi connectivity index (χ3n) is 0.936. The van der Waals surface area contributed by atoms with Crippen LogP contribution in [-0.4, -0.2) is 16.4 Å². The number of anilines is 2. The molecule has 0 fully saturated rings. The quantitative estimate of drug-likeness (QED) is 0.435. The summed E-state index contributed by atoms with van der Waals surface area (Å²) in [4.78, 5) is 8.56. The van der Waals surface area contributed by atoms with E-state index in [0.29, 0.717) is 0 Å². The Labute approximate surface area is 69.2 Å². The van der Waals surface area contributed by atoms with Gasteiger partial charge in [-0.2, -0.15) is 0 Å². The van der Waals surface area contributed by atoms with Gasteiger partial charge in [0.25, 0.3) is 0 Å². The molecule has 0 aliphatic rings. The van der Waals surface area contributed by atoms with E-state index in [2.05, 4.69) is 0 Å². The van der Waals surface area contributed by atoms with E-state index in [-0.39, 0.29) is 0 Å². The van der Waals surface area contributed by atoms with Crippen molar-refractivity contribution in [3.05, 3.63) is 24.3 Å². The number of hydrogen-bond acceptors (Lipinski definition) is 3. The monoisotopic (exact) mass is 170 g/mol. The fourth-order valence-electron chi connectivity index (χ4n) is 0.496. The molecule has 0 aliphatic heterocycles. The van der Waals surface area contributed by atoms with E-state index in [1.807, 2.05) is 0 Å². The van der Waals surface area contributed by atoms with Gasteiger partial charge in [-0.05, 0) is 24.3 Å². The van der Waals surface area contributed by atoms with Crippen LogP contribution in [0.3, 0.4) is 0 Å². The van der Waals surface area contributed by atoms with Gasteiger partial charge in [0.1, 0.15) is 0 Å². The van der Waals surface area contributed by atoms with Crippen LogP contribution in [0.2, 0.25) is 0 Å². The largest absolute Gasteiger partial charge is 0.503 e. The average Bonchev–Trinajstić information content (AvgIpc) is 1.94. The zero-order valence-corrected chi connectivity index (χ0v) is 6.27. The highest BCUT2D eigenvalue weighted by atomic mass is 16.6. The molecule has 0 radical (unpaired) electrons. The summed E-state index contributed by atoms with van der Waals surface area (Å²) in [5, 5.41) is 13.9. The van der Waals surface area contributed by atoms with E-state index in [1.54, 1.807) is 24.3 Å². The van der Waals surface area contributed by atoms with Crippen LogP contribution in [-0.2, 0) is 0 Å². The third kappa shape index (κ3) is 6.21. The lowest BCUT2D eigenvalue weighted by Gasteiger charge is -1.90. The van der Waals surface area contributed by atoms with Crippen molar-refractivity contribution in [1.29, 1.82) is 0 Å². The number of benzene rings is 1. The second-order valence-electron chi connectivity index (χ2n) is 1.95. The van der Waals surface area contributed by atoms with Crippen LogP contribution in [0.5, 0.6) is 0 Å². The van der Waals surface area contributed by atoms with E-state index >= 15 is 0 Å². The number of nitrogens with two attached hydrogens (primary N) is 2. The maximum absolute atomic E-state index is 8.56. The van der Waals surface area contributed by atoms with Gasteiger partial charge in [-0.15, -0.1) is 0 Å². The van der Waals surface area contributed by atoms with Crippen molar-refractivity contribution in [3.8, 4) is 0 Å². The van der Waals surface area contributed by atoms with Gasteiger partial charge < -0.3 is 21.7 Å². The van der Waals surface area contributed by atoms with Crippen LogP contribution >= 0.6 is 0 Å². The van der Waals surface area contributed by atoms with E-state index in [0.717, 1.165) is 11.4 Å². The maximum atomic E-state index is 8.56. The van der Waals surface area contributed by atoms with Crippen LogP contribution < -0.4 is 11.5 Å². The minimum atomic E-state index is -1.83. The van der Waals surface area contributed by atoms with Gasteiger partial charge in [0.15, 0.2) is 0 Å². The lowest BCUT2D eigenvalue weighted by molar-refractivity contribution is 0.137. The molecule has 0 amide bonds. The molecule has 0 aromatic heterocycles. The van der Waals surface area contributed by atoms with Crippen LogP contribution in [0.15, 0.2) is 24.3 Å². The predicted octanol–water partition coefficient (Wildman–Crippen LogP) is 1.07. The highest BCUT2D eigenvalue weighted by Gasteiger charge is 1.80. The molecule has 0 heterocycles. The molecular weight excluding hydrogens is 160 g/mol. The minimum absolute atomic E-state index is 0.749. The molecule has 0 saturated heterocycles. The molecule has 1 rings (SSSR count). The van der Waals surface area contributed by atoms with Crippen molar-refractivity contribution in [2.45, 2.75) is 0 Å². The second-order valence-corrected chi connectivity index (χ2v) is 1.95. The molecule has 5 nitrogen and oxygen atoms in total. The first kappa shape index (κ1) is 10.1. The van der Waals surface area contributed by atoms with Crippen molar-refractivity contribution in [3.63, 3.8) is 0 Å². The molecule has 0 aliphatic carbocycles. The summed E-state index contributed by atoms with van der Waals surface area (Å²) in [6.45, 7) is 0. The van der Waals surface area contributed by atoms with Crippen molar-refractivity contribution in [1.82, 2.24) is 0 Å². The molecule has 1 aromatic carbocycles. The summed E-state index contributed by atoms with van der Waals surface area (Å²) in [6, 6.07) is 7.09. The average molecular weight is 170 g/mol. The van der Waals surface area contributed by atoms with Crippen molar-refractivity contribution in [2.75, 3.05) is 11.5 Å². The molecule has 1 aromatic rings. The standard InChI is InChI=1S/C6H8N2.CH2O3/c7-5-1-2-6(8)4-3-5;2-1(3)4/h1-4H,7-8H2;(H2,2,3,4). The van der Waals surface area contributed by atoms with E-state index in [4.69, 9.17) is 26.5 Å². The van der Waals surface area contributed by atoms with Crippen LogP contribution in [0.4, 0.5) is 16.2 Å².